The fourth-order valence-corrected chi connectivity index (χ4v) is 1.58. The summed E-state index contributed by atoms with van der Waals surface area (Å²) in [5.41, 5.74) is 1.23. The first-order valence-electron chi connectivity index (χ1n) is 6.29. The molecule has 0 aromatic heterocycles. The van der Waals surface area contributed by atoms with Crippen LogP contribution in [0.25, 0.3) is 0 Å². The minimum atomic E-state index is 0.00867. The van der Waals surface area contributed by atoms with Crippen LogP contribution in [0.3, 0.4) is 0 Å². The van der Waals surface area contributed by atoms with Gasteiger partial charge in [-0.3, -0.25) is 0 Å². The van der Waals surface area contributed by atoms with Crippen LogP contribution in [0.2, 0.25) is 0 Å². The van der Waals surface area contributed by atoms with E-state index in [1.807, 2.05) is 0 Å². The molecule has 1 saturated heterocycles. The molecular weight excluding hydrogens is 204 g/mol. The van der Waals surface area contributed by atoms with Gasteiger partial charge >= 0.3 is 0 Å². The number of rotatable bonds is 7. The third-order valence-corrected chi connectivity index (χ3v) is 2.53. The van der Waals surface area contributed by atoms with Gasteiger partial charge in [0.2, 0.25) is 0 Å². The summed E-state index contributed by atoms with van der Waals surface area (Å²) in [5, 5.41) is 0. The zero-order chi connectivity index (χ0) is 11.6. The molecule has 0 spiro atoms. The second-order valence-electron chi connectivity index (χ2n) is 4.23. The maximum atomic E-state index is 5.61. The molecule has 1 aliphatic rings. The van der Waals surface area contributed by atoms with Crippen molar-refractivity contribution in [2.45, 2.75) is 45.8 Å². The molecule has 1 unspecified atom stereocenters. The van der Waals surface area contributed by atoms with Gasteiger partial charge in [0.15, 0.2) is 6.29 Å². The Balaban J connectivity index is 2.05. The zero-order valence-corrected chi connectivity index (χ0v) is 10.5. The van der Waals surface area contributed by atoms with Crippen molar-refractivity contribution in [3.05, 3.63) is 11.6 Å². The van der Waals surface area contributed by atoms with Crippen molar-refractivity contribution < 1.29 is 14.2 Å². The lowest BCUT2D eigenvalue weighted by Gasteiger charge is -2.22. The molecular formula is C13H24O3. The van der Waals surface area contributed by atoms with Crippen LogP contribution in [-0.4, -0.2) is 32.7 Å². The highest BCUT2D eigenvalue weighted by atomic mass is 16.7. The van der Waals surface area contributed by atoms with E-state index in [2.05, 4.69) is 19.9 Å². The van der Waals surface area contributed by atoms with E-state index in [9.17, 15) is 0 Å². The summed E-state index contributed by atoms with van der Waals surface area (Å²) in [4.78, 5) is 0. The Morgan fingerprint density at radius 2 is 2.31 bits per heavy atom. The molecule has 3 heteroatoms. The first-order chi connectivity index (χ1) is 7.83. The summed E-state index contributed by atoms with van der Waals surface area (Å²) in [6, 6.07) is 0. The highest BCUT2D eigenvalue weighted by Gasteiger charge is 2.12. The predicted octanol–water partition coefficient (Wildman–Crippen LogP) is 2.90. The maximum absolute atomic E-state index is 5.61. The summed E-state index contributed by atoms with van der Waals surface area (Å²) in [7, 11) is 0. The molecule has 1 rings (SSSR count). The van der Waals surface area contributed by atoms with Crippen LogP contribution < -0.4 is 0 Å². The monoisotopic (exact) mass is 228 g/mol. The fourth-order valence-electron chi connectivity index (χ4n) is 1.58. The Morgan fingerprint density at radius 3 is 3.00 bits per heavy atom. The molecule has 1 atom stereocenters. The lowest BCUT2D eigenvalue weighted by molar-refractivity contribution is -0.155. The standard InChI is InChI=1S/C13H24O3/c1-3-8-14-11-12(2)7-10-16-13-6-4-5-9-15-13/h7,13H,3-6,8-11H2,1-2H3/b12-7+. The average Bonchev–Trinajstić information content (AvgIpc) is 2.31. The van der Waals surface area contributed by atoms with Gasteiger partial charge < -0.3 is 14.2 Å². The molecule has 0 amide bonds. The van der Waals surface area contributed by atoms with E-state index in [1.54, 1.807) is 0 Å². The third kappa shape index (κ3) is 6.26. The van der Waals surface area contributed by atoms with Crippen molar-refractivity contribution in [1.82, 2.24) is 0 Å². The normalized spacial score (nSPS) is 22.4. The van der Waals surface area contributed by atoms with Crippen molar-refractivity contribution in [2.24, 2.45) is 0 Å². The summed E-state index contributed by atoms with van der Waals surface area (Å²) in [5.74, 6) is 0. The Kier molecular flexibility index (Phi) is 7.47. The second kappa shape index (κ2) is 8.74. The molecule has 0 bridgehead atoms. The van der Waals surface area contributed by atoms with Gasteiger partial charge in [-0.2, -0.15) is 0 Å². The summed E-state index contributed by atoms with van der Waals surface area (Å²) in [6.07, 6.45) is 6.56. The van der Waals surface area contributed by atoms with Crippen LogP contribution >= 0.6 is 0 Å². The van der Waals surface area contributed by atoms with Gasteiger partial charge in [0, 0.05) is 13.2 Å². The molecule has 16 heavy (non-hydrogen) atoms. The van der Waals surface area contributed by atoms with Crippen molar-refractivity contribution in [3.63, 3.8) is 0 Å². The predicted molar refractivity (Wildman–Crippen MR) is 64.4 cm³/mol. The minimum Gasteiger partial charge on any atom is -0.377 e. The van der Waals surface area contributed by atoms with Gasteiger partial charge in [0.1, 0.15) is 0 Å². The molecule has 94 valence electrons. The summed E-state index contributed by atoms with van der Waals surface area (Å²) < 4.78 is 16.5. The molecule has 0 aromatic rings. The van der Waals surface area contributed by atoms with Crippen LogP contribution in [0.4, 0.5) is 0 Å². The Morgan fingerprint density at radius 1 is 1.44 bits per heavy atom. The van der Waals surface area contributed by atoms with E-state index in [0.717, 1.165) is 26.1 Å². The van der Waals surface area contributed by atoms with Crippen molar-refractivity contribution in [1.29, 1.82) is 0 Å². The summed E-state index contributed by atoms with van der Waals surface area (Å²) >= 11 is 0. The first kappa shape index (κ1) is 13.7. The van der Waals surface area contributed by atoms with E-state index in [0.29, 0.717) is 13.2 Å². The summed E-state index contributed by atoms with van der Waals surface area (Å²) in [6.45, 7) is 7.20. The highest BCUT2D eigenvalue weighted by Crippen LogP contribution is 2.13. The van der Waals surface area contributed by atoms with Crippen molar-refractivity contribution in [3.8, 4) is 0 Å². The van der Waals surface area contributed by atoms with E-state index < -0.39 is 0 Å². The van der Waals surface area contributed by atoms with Crippen LogP contribution in [0.1, 0.15) is 39.5 Å². The van der Waals surface area contributed by atoms with Crippen LogP contribution in [0, 0.1) is 0 Å². The van der Waals surface area contributed by atoms with Gasteiger partial charge in [-0.15, -0.1) is 0 Å². The largest absolute Gasteiger partial charge is 0.377 e. The smallest absolute Gasteiger partial charge is 0.157 e. The van der Waals surface area contributed by atoms with E-state index in [-0.39, 0.29) is 6.29 Å². The fraction of sp³-hybridized carbons (Fsp3) is 0.846. The molecule has 0 saturated carbocycles. The number of hydrogen-bond acceptors (Lipinski definition) is 3. The van der Waals surface area contributed by atoms with Crippen LogP contribution in [0.5, 0.6) is 0 Å². The topological polar surface area (TPSA) is 27.7 Å². The lowest BCUT2D eigenvalue weighted by Crippen LogP contribution is -2.22. The van der Waals surface area contributed by atoms with Crippen LogP contribution in [-0.2, 0) is 14.2 Å². The third-order valence-electron chi connectivity index (χ3n) is 2.53. The first-order valence-corrected chi connectivity index (χ1v) is 6.29. The molecule has 1 heterocycles. The Hall–Kier alpha value is -0.380. The highest BCUT2D eigenvalue weighted by molar-refractivity contribution is 4.98. The van der Waals surface area contributed by atoms with Gasteiger partial charge in [-0.1, -0.05) is 13.0 Å². The zero-order valence-electron chi connectivity index (χ0n) is 10.5. The lowest BCUT2D eigenvalue weighted by atomic mass is 10.2. The maximum Gasteiger partial charge on any atom is 0.157 e. The number of ether oxygens (including phenoxy) is 3. The van der Waals surface area contributed by atoms with Gasteiger partial charge in [-0.25, -0.2) is 0 Å². The second-order valence-corrected chi connectivity index (χ2v) is 4.23. The van der Waals surface area contributed by atoms with Gasteiger partial charge in [0.25, 0.3) is 0 Å². The minimum absolute atomic E-state index is 0.00867. The van der Waals surface area contributed by atoms with E-state index in [1.165, 1.54) is 18.4 Å². The van der Waals surface area contributed by atoms with Gasteiger partial charge in [-0.05, 0) is 38.2 Å². The molecule has 1 fully saturated rings. The molecule has 1 aliphatic heterocycles. The molecule has 0 radical (unpaired) electrons. The van der Waals surface area contributed by atoms with E-state index >= 15 is 0 Å². The number of hydrogen-bond donors (Lipinski definition) is 0. The van der Waals surface area contributed by atoms with Gasteiger partial charge in [0.05, 0.1) is 13.2 Å². The molecule has 0 N–H and O–H groups in total. The Labute approximate surface area is 98.8 Å². The van der Waals surface area contributed by atoms with E-state index in [4.69, 9.17) is 14.2 Å². The molecule has 3 nitrogen and oxygen atoms in total. The Bertz CT molecular complexity index is 195. The quantitative estimate of drug-likeness (QED) is 0.495. The van der Waals surface area contributed by atoms with Crippen LogP contribution in [0.15, 0.2) is 11.6 Å². The molecule has 0 aromatic carbocycles. The van der Waals surface area contributed by atoms with Crippen molar-refractivity contribution in [2.75, 3.05) is 26.4 Å². The molecule has 0 aliphatic carbocycles. The average molecular weight is 228 g/mol. The van der Waals surface area contributed by atoms with Crippen molar-refractivity contribution >= 4 is 0 Å². The SMILES string of the molecule is CCCOC/C(C)=C/COC1CCCCO1.